The lowest BCUT2D eigenvalue weighted by atomic mass is 10.1. The maximum atomic E-state index is 13.2. The summed E-state index contributed by atoms with van der Waals surface area (Å²) in [5.74, 6) is -0.279. The van der Waals surface area contributed by atoms with Gasteiger partial charge in [-0.15, -0.1) is 0 Å². The molecule has 2 N–H and O–H groups in total. The third-order valence-corrected chi connectivity index (χ3v) is 2.94. The number of hydrogen-bond acceptors (Lipinski definition) is 3. The number of aryl methyl sites for hydroxylation is 1. The van der Waals surface area contributed by atoms with Crippen molar-refractivity contribution in [3.8, 4) is 11.1 Å². The lowest BCUT2D eigenvalue weighted by Gasteiger charge is -2.03. The minimum Gasteiger partial charge on any atom is -0.396 e. The molecule has 0 aliphatic carbocycles. The first-order chi connectivity index (χ1) is 8.66. The summed E-state index contributed by atoms with van der Waals surface area (Å²) in [6.45, 7) is 1.87. The molecule has 5 heteroatoms. The first-order valence-electron chi connectivity index (χ1n) is 5.51. The molecular weight excluding hydrogens is 231 g/mol. The SMILES string of the molecule is Cc1c(N)cnc2c(-c3cccc(F)c3)cnn12. The van der Waals surface area contributed by atoms with E-state index in [9.17, 15) is 4.39 Å². The van der Waals surface area contributed by atoms with Crippen LogP contribution in [0, 0.1) is 12.7 Å². The van der Waals surface area contributed by atoms with Crippen LogP contribution in [0.25, 0.3) is 16.8 Å². The number of hydrogen-bond donors (Lipinski definition) is 1. The van der Waals surface area contributed by atoms with Crippen LogP contribution in [0.4, 0.5) is 10.1 Å². The normalized spacial score (nSPS) is 11.0. The molecule has 2 aromatic heterocycles. The highest BCUT2D eigenvalue weighted by Gasteiger charge is 2.11. The van der Waals surface area contributed by atoms with E-state index in [4.69, 9.17) is 5.73 Å². The molecule has 0 saturated heterocycles. The van der Waals surface area contributed by atoms with Crippen LogP contribution in [0.2, 0.25) is 0 Å². The number of nitrogens with two attached hydrogens (primary N) is 1. The predicted octanol–water partition coefficient (Wildman–Crippen LogP) is 2.43. The van der Waals surface area contributed by atoms with Crippen molar-refractivity contribution >= 4 is 11.3 Å². The van der Waals surface area contributed by atoms with E-state index in [-0.39, 0.29) is 5.82 Å². The van der Waals surface area contributed by atoms with Crippen molar-refractivity contribution in [3.05, 3.63) is 48.2 Å². The van der Waals surface area contributed by atoms with Crippen LogP contribution < -0.4 is 5.73 Å². The van der Waals surface area contributed by atoms with Gasteiger partial charge in [-0.25, -0.2) is 13.9 Å². The molecule has 90 valence electrons. The van der Waals surface area contributed by atoms with E-state index in [0.717, 1.165) is 16.8 Å². The minimum atomic E-state index is -0.279. The van der Waals surface area contributed by atoms with Gasteiger partial charge in [0, 0.05) is 5.56 Å². The molecule has 0 atom stereocenters. The van der Waals surface area contributed by atoms with Gasteiger partial charge in [-0.3, -0.25) is 0 Å². The second kappa shape index (κ2) is 3.80. The van der Waals surface area contributed by atoms with Crippen LogP contribution in [0.15, 0.2) is 36.7 Å². The molecule has 1 aromatic carbocycles. The van der Waals surface area contributed by atoms with Crippen molar-refractivity contribution in [3.63, 3.8) is 0 Å². The molecule has 3 aromatic rings. The van der Waals surface area contributed by atoms with Gasteiger partial charge >= 0.3 is 0 Å². The Balaban J connectivity index is 2.28. The highest BCUT2D eigenvalue weighted by Crippen LogP contribution is 2.25. The number of anilines is 1. The third kappa shape index (κ3) is 1.52. The summed E-state index contributed by atoms with van der Waals surface area (Å²) in [4.78, 5) is 4.26. The molecule has 4 nitrogen and oxygen atoms in total. The van der Waals surface area contributed by atoms with E-state index in [1.54, 1.807) is 23.0 Å². The first kappa shape index (κ1) is 10.7. The predicted molar refractivity (Wildman–Crippen MR) is 67.5 cm³/mol. The molecule has 0 saturated carbocycles. The maximum absolute atomic E-state index is 13.2. The lowest BCUT2D eigenvalue weighted by Crippen LogP contribution is -2.01. The monoisotopic (exact) mass is 242 g/mol. The van der Waals surface area contributed by atoms with Gasteiger partial charge in [0.25, 0.3) is 0 Å². The number of aromatic nitrogens is 3. The number of halogens is 1. The van der Waals surface area contributed by atoms with Crippen molar-refractivity contribution in [2.45, 2.75) is 6.92 Å². The Bertz CT molecular complexity index is 733. The molecule has 2 heterocycles. The summed E-state index contributed by atoms with van der Waals surface area (Å²) in [6, 6.07) is 6.36. The summed E-state index contributed by atoms with van der Waals surface area (Å²) >= 11 is 0. The van der Waals surface area contributed by atoms with Gasteiger partial charge < -0.3 is 5.73 Å². The summed E-state index contributed by atoms with van der Waals surface area (Å²) < 4.78 is 14.9. The molecule has 0 unspecified atom stereocenters. The average molecular weight is 242 g/mol. The number of nitrogen functional groups attached to an aromatic ring is 1. The van der Waals surface area contributed by atoms with Crippen molar-refractivity contribution in [1.29, 1.82) is 0 Å². The zero-order valence-electron chi connectivity index (χ0n) is 9.76. The Labute approximate surface area is 103 Å². The molecule has 0 radical (unpaired) electrons. The van der Waals surface area contributed by atoms with Crippen LogP contribution in [0.3, 0.4) is 0 Å². The van der Waals surface area contributed by atoms with Crippen molar-refractivity contribution in [2.75, 3.05) is 5.73 Å². The summed E-state index contributed by atoms with van der Waals surface area (Å²) in [5.41, 5.74) is 9.39. The van der Waals surface area contributed by atoms with Gasteiger partial charge in [-0.05, 0) is 24.6 Å². The zero-order chi connectivity index (χ0) is 12.7. The Kier molecular flexibility index (Phi) is 2.26. The quantitative estimate of drug-likeness (QED) is 0.713. The molecule has 0 aliphatic rings. The highest BCUT2D eigenvalue weighted by molar-refractivity contribution is 5.77. The van der Waals surface area contributed by atoms with Crippen molar-refractivity contribution in [2.24, 2.45) is 0 Å². The van der Waals surface area contributed by atoms with Crippen LogP contribution in [0.5, 0.6) is 0 Å². The van der Waals surface area contributed by atoms with Gasteiger partial charge in [0.05, 0.1) is 23.8 Å². The van der Waals surface area contributed by atoms with Crippen LogP contribution in [-0.2, 0) is 0 Å². The topological polar surface area (TPSA) is 56.2 Å². The second-order valence-corrected chi connectivity index (χ2v) is 4.10. The largest absolute Gasteiger partial charge is 0.396 e. The van der Waals surface area contributed by atoms with Gasteiger partial charge in [0.15, 0.2) is 5.65 Å². The fraction of sp³-hybridized carbons (Fsp3) is 0.0769. The molecule has 0 fully saturated rings. The third-order valence-electron chi connectivity index (χ3n) is 2.94. The fourth-order valence-electron chi connectivity index (χ4n) is 1.92. The van der Waals surface area contributed by atoms with E-state index < -0.39 is 0 Å². The lowest BCUT2D eigenvalue weighted by molar-refractivity contribution is 0.628. The molecule has 18 heavy (non-hydrogen) atoms. The number of benzene rings is 1. The number of rotatable bonds is 1. The maximum Gasteiger partial charge on any atom is 0.163 e. The van der Waals surface area contributed by atoms with Crippen LogP contribution >= 0.6 is 0 Å². The standard InChI is InChI=1S/C13H11FN4/c1-8-12(15)7-16-13-11(6-17-18(8)13)9-3-2-4-10(14)5-9/h2-7H,15H2,1H3. The number of nitrogens with zero attached hydrogens (tertiary/aromatic N) is 3. The number of fused-ring (bicyclic) bond motifs is 1. The van der Waals surface area contributed by atoms with Crippen LogP contribution in [0.1, 0.15) is 5.69 Å². The van der Waals surface area contributed by atoms with E-state index in [1.165, 1.54) is 12.1 Å². The fourth-order valence-corrected chi connectivity index (χ4v) is 1.92. The van der Waals surface area contributed by atoms with Gasteiger partial charge in [-0.2, -0.15) is 5.10 Å². The smallest absolute Gasteiger partial charge is 0.163 e. The van der Waals surface area contributed by atoms with Crippen LogP contribution in [-0.4, -0.2) is 14.6 Å². The highest BCUT2D eigenvalue weighted by atomic mass is 19.1. The minimum absolute atomic E-state index is 0.279. The summed E-state index contributed by atoms with van der Waals surface area (Å²) in [5, 5.41) is 4.24. The van der Waals surface area contributed by atoms with E-state index in [0.29, 0.717) is 11.3 Å². The zero-order valence-corrected chi connectivity index (χ0v) is 9.76. The van der Waals surface area contributed by atoms with E-state index in [2.05, 4.69) is 10.1 Å². The average Bonchev–Trinajstić information content (AvgIpc) is 2.78. The Morgan fingerprint density at radius 3 is 2.89 bits per heavy atom. The summed E-state index contributed by atoms with van der Waals surface area (Å²) in [7, 11) is 0. The second-order valence-electron chi connectivity index (χ2n) is 4.10. The van der Waals surface area contributed by atoms with Gasteiger partial charge in [0.1, 0.15) is 5.82 Å². The molecular formula is C13H11FN4. The first-order valence-corrected chi connectivity index (χ1v) is 5.51. The molecule has 0 amide bonds. The molecule has 3 rings (SSSR count). The van der Waals surface area contributed by atoms with Crippen molar-refractivity contribution < 1.29 is 4.39 Å². The molecule has 0 aliphatic heterocycles. The van der Waals surface area contributed by atoms with Crippen molar-refractivity contribution in [1.82, 2.24) is 14.6 Å². The Morgan fingerprint density at radius 2 is 2.11 bits per heavy atom. The Morgan fingerprint density at radius 1 is 1.28 bits per heavy atom. The summed E-state index contributed by atoms with van der Waals surface area (Å²) in [6.07, 6.45) is 3.26. The van der Waals surface area contributed by atoms with E-state index >= 15 is 0 Å². The van der Waals surface area contributed by atoms with Gasteiger partial charge in [-0.1, -0.05) is 12.1 Å². The van der Waals surface area contributed by atoms with E-state index in [1.807, 2.05) is 13.0 Å². The van der Waals surface area contributed by atoms with Gasteiger partial charge in [0.2, 0.25) is 0 Å². The molecule has 0 bridgehead atoms. The molecule has 0 spiro atoms. The Hall–Kier alpha value is -2.43.